The first-order chi connectivity index (χ1) is 19.6. The van der Waals surface area contributed by atoms with Crippen molar-refractivity contribution in [3.63, 3.8) is 0 Å². The van der Waals surface area contributed by atoms with E-state index < -0.39 is 29.6 Å². The summed E-state index contributed by atoms with van der Waals surface area (Å²) in [4.78, 5) is 34.6. The van der Waals surface area contributed by atoms with E-state index in [1.807, 2.05) is 93.2 Å². The number of hydrogen-bond donors (Lipinski definition) is 2. The van der Waals surface area contributed by atoms with Gasteiger partial charge >= 0.3 is 0 Å². The number of aliphatic hydroxyl groups excluding tert-OH is 1. The molecule has 2 amide bonds. The summed E-state index contributed by atoms with van der Waals surface area (Å²) in [6.45, 7) is 6.02. The summed E-state index contributed by atoms with van der Waals surface area (Å²) in [5.74, 6) is 0.510. The number of nitrogens with one attached hydrogen (secondary N) is 1. The number of aromatic nitrogens is 5. The molecule has 6 rings (SSSR count). The smallest absolute Gasteiger partial charge is 0.248 e. The van der Waals surface area contributed by atoms with Crippen LogP contribution in [0, 0.1) is 5.41 Å². The molecule has 3 unspecified atom stereocenters. The Balaban J connectivity index is 1.31. The van der Waals surface area contributed by atoms with Crippen LogP contribution in [0.25, 0.3) is 11.0 Å². The van der Waals surface area contributed by atoms with Crippen LogP contribution in [0.2, 0.25) is 0 Å². The molecule has 4 atom stereocenters. The lowest BCUT2D eigenvalue weighted by molar-refractivity contribution is -0.144. The number of benzene rings is 2. The summed E-state index contributed by atoms with van der Waals surface area (Å²) < 4.78 is 3.62. The van der Waals surface area contributed by atoms with Crippen molar-refractivity contribution >= 4 is 22.8 Å². The number of nitrogens with zero attached hydrogens (tertiary/aromatic N) is 6. The lowest BCUT2D eigenvalue weighted by Gasteiger charge is -2.35. The van der Waals surface area contributed by atoms with E-state index in [1.165, 1.54) is 4.90 Å². The zero-order valence-electron chi connectivity index (χ0n) is 23.9. The van der Waals surface area contributed by atoms with Gasteiger partial charge in [-0.3, -0.25) is 9.59 Å². The Bertz CT molecular complexity index is 1570. The topological polar surface area (TPSA) is 118 Å². The molecule has 1 saturated carbocycles. The molecule has 0 radical (unpaired) electrons. The van der Waals surface area contributed by atoms with E-state index in [2.05, 4.69) is 15.6 Å². The molecular weight excluding hydrogens is 518 g/mol. The van der Waals surface area contributed by atoms with Gasteiger partial charge in [0.1, 0.15) is 23.9 Å². The van der Waals surface area contributed by atoms with E-state index >= 15 is 0 Å². The summed E-state index contributed by atoms with van der Waals surface area (Å²) >= 11 is 0. The van der Waals surface area contributed by atoms with Crippen LogP contribution in [0.15, 0.2) is 60.8 Å². The van der Waals surface area contributed by atoms with E-state index in [4.69, 9.17) is 4.98 Å². The first-order valence-electron chi connectivity index (χ1n) is 14.3. The maximum absolute atomic E-state index is 14.2. The van der Waals surface area contributed by atoms with E-state index in [0.29, 0.717) is 11.7 Å². The Hall–Kier alpha value is -4.05. The fraction of sp³-hybridized carbons (Fsp3) is 0.452. The van der Waals surface area contributed by atoms with E-state index in [1.54, 1.807) is 4.68 Å². The third kappa shape index (κ3) is 5.24. The number of aliphatic hydroxyl groups is 1. The molecule has 41 heavy (non-hydrogen) atoms. The van der Waals surface area contributed by atoms with Gasteiger partial charge in [-0.1, -0.05) is 68.4 Å². The zero-order valence-corrected chi connectivity index (χ0v) is 23.9. The number of carbonyl (C=O) groups excluding carboxylic acids is 2. The van der Waals surface area contributed by atoms with Crippen LogP contribution in [-0.4, -0.2) is 65.1 Å². The lowest BCUT2D eigenvalue weighted by atomic mass is 9.85. The van der Waals surface area contributed by atoms with Gasteiger partial charge in [-0.25, -0.2) is 9.67 Å². The highest BCUT2D eigenvalue weighted by Crippen LogP contribution is 2.40. The molecule has 2 aromatic carbocycles. The standard InChI is InChI=1S/C31H37N7O3/c1-31(2,3)27(38-18-23(34-35-38)19-14-15-19)30(41)37-17-21(39)16-25(37)29(40)33-26(20-10-6-5-7-11-20)28-32-22-12-8-9-13-24(22)36(28)4/h5-13,18-19,21,25-27,39H,14-17H2,1-4H3,(H,33,40)/t21?,25?,26?,27-/m1/s1. The fourth-order valence-electron chi connectivity index (χ4n) is 5.93. The molecule has 0 spiro atoms. The van der Waals surface area contributed by atoms with Crippen molar-refractivity contribution in [3.05, 3.63) is 77.9 Å². The second kappa shape index (κ2) is 10.4. The number of hydrogen-bond acceptors (Lipinski definition) is 6. The minimum Gasteiger partial charge on any atom is -0.391 e. The van der Waals surface area contributed by atoms with Gasteiger partial charge in [0.25, 0.3) is 0 Å². The summed E-state index contributed by atoms with van der Waals surface area (Å²) in [6, 6.07) is 15.5. The Morgan fingerprint density at radius 3 is 2.44 bits per heavy atom. The maximum atomic E-state index is 14.2. The van der Waals surface area contributed by atoms with Gasteiger partial charge in [0.2, 0.25) is 11.8 Å². The largest absolute Gasteiger partial charge is 0.391 e. The second-order valence-electron chi connectivity index (χ2n) is 12.4. The van der Waals surface area contributed by atoms with Crippen LogP contribution in [-0.2, 0) is 16.6 Å². The van der Waals surface area contributed by atoms with Crippen molar-refractivity contribution in [2.75, 3.05) is 6.54 Å². The summed E-state index contributed by atoms with van der Waals surface area (Å²) in [5.41, 5.74) is 3.06. The highest BCUT2D eigenvalue weighted by Gasteiger charge is 2.46. The molecule has 2 aromatic heterocycles. The zero-order chi connectivity index (χ0) is 28.9. The van der Waals surface area contributed by atoms with Gasteiger partial charge in [0, 0.05) is 32.1 Å². The molecule has 1 aliphatic heterocycles. The van der Waals surface area contributed by atoms with Gasteiger partial charge in [0.05, 0.1) is 22.8 Å². The van der Waals surface area contributed by atoms with E-state index in [0.717, 1.165) is 35.1 Å². The van der Waals surface area contributed by atoms with E-state index in [-0.39, 0.29) is 24.8 Å². The molecule has 214 valence electrons. The minimum atomic E-state index is -0.838. The number of likely N-dealkylation sites (tertiary alicyclic amines) is 1. The average Bonchev–Trinajstić information content (AvgIpc) is 3.41. The predicted molar refractivity (Wildman–Crippen MR) is 154 cm³/mol. The molecule has 10 heteroatoms. The fourth-order valence-corrected chi connectivity index (χ4v) is 5.93. The molecule has 10 nitrogen and oxygen atoms in total. The summed E-state index contributed by atoms with van der Waals surface area (Å²) in [7, 11) is 1.93. The van der Waals surface area contributed by atoms with Gasteiger partial charge in [-0.05, 0) is 36.0 Å². The number of amides is 2. The highest BCUT2D eigenvalue weighted by atomic mass is 16.3. The van der Waals surface area contributed by atoms with E-state index in [9.17, 15) is 14.7 Å². The van der Waals surface area contributed by atoms with Crippen LogP contribution in [0.4, 0.5) is 0 Å². The van der Waals surface area contributed by atoms with Gasteiger partial charge in [-0.2, -0.15) is 0 Å². The number of fused-ring (bicyclic) bond motifs is 1. The van der Waals surface area contributed by atoms with Crippen LogP contribution in [0.1, 0.15) is 75.1 Å². The van der Waals surface area contributed by atoms with Crippen molar-refractivity contribution in [3.8, 4) is 0 Å². The third-order valence-corrected chi connectivity index (χ3v) is 8.21. The first-order valence-corrected chi connectivity index (χ1v) is 14.3. The van der Waals surface area contributed by atoms with Crippen molar-refractivity contribution in [1.82, 2.24) is 34.8 Å². The number of para-hydroxylation sites is 2. The lowest BCUT2D eigenvalue weighted by Crippen LogP contribution is -2.51. The van der Waals surface area contributed by atoms with Gasteiger partial charge < -0.3 is 19.9 Å². The third-order valence-electron chi connectivity index (χ3n) is 8.21. The SMILES string of the molecule is Cn1c(C(NC(=O)C2CC(O)CN2C(=O)[C@@H](n2cc(C3CC3)nn2)C(C)(C)C)c2ccccc2)nc2ccccc21. The number of β-amino-alcohol motifs (C(OH)–C–C–N with tert-alkyl or cyclic N) is 1. The first kappa shape index (κ1) is 27.1. The molecule has 4 aromatic rings. The van der Waals surface area contributed by atoms with Crippen molar-refractivity contribution in [1.29, 1.82) is 0 Å². The molecular formula is C31H37N7O3. The number of aryl methyl sites for hydroxylation is 1. The Kier molecular flexibility index (Phi) is 6.89. The van der Waals surface area contributed by atoms with Crippen molar-refractivity contribution < 1.29 is 14.7 Å². The average molecular weight is 556 g/mol. The maximum Gasteiger partial charge on any atom is 0.248 e. The monoisotopic (exact) mass is 555 g/mol. The van der Waals surface area contributed by atoms with Gasteiger partial charge in [0.15, 0.2) is 0 Å². The molecule has 2 fully saturated rings. The molecule has 3 heterocycles. The molecule has 2 N–H and O–H groups in total. The van der Waals surface area contributed by atoms with Crippen LogP contribution in [0.3, 0.4) is 0 Å². The number of imidazole rings is 1. The Morgan fingerprint density at radius 2 is 1.76 bits per heavy atom. The minimum absolute atomic E-state index is 0.0793. The normalized spacial score (nSPS) is 20.8. The predicted octanol–water partition coefficient (Wildman–Crippen LogP) is 3.50. The van der Waals surface area contributed by atoms with Crippen molar-refractivity contribution in [2.45, 2.75) is 70.2 Å². The number of rotatable bonds is 7. The molecule has 2 aliphatic rings. The Morgan fingerprint density at radius 1 is 1.05 bits per heavy atom. The van der Waals surface area contributed by atoms with Crippen LogP contribution < -0.4 is 5.32 Å². The molecule has 1 saturated heterocycles. The summed E-state index contributed by atoms with van der Waals surface area (Å²) in [6.07, 6.45) is 3.38. The second-order valence-corrected chi connectivity index (χ2v) is 12.4. The van der Waals surface area contributed by atoms with Gasteiger partial charge in [-0.15, -0.1) is 5.10 Å². The molecule has 0 bridgehead atoms. The quantitative estimate of drug-likeness (QED) is 0.360. The Labute approximate surface area is 239 Å². The number of carbonyl (C=O) groups is 2. The van der Waals surface area contributed by atoms with Crippen LogP contribution >= 0.6 is 0 Å². The van der Waals surface area contributed by atoms with Crippen molar-refractivity contribution in [2.24, 2.45) is 12.5 Å². The van der Waals surface area contributed by atoms with Crippen LogP contribution in [0.5, 0.6) is 0 Å². The highest BCUT2D eigenvalue weighted by molar-refractivity contribution is 5.90. The summed E-state index contributed by atoms with van der Waals surface area (Å²) in [5, 5.41) is 22.5. The molecule has 1 aliphatic carbocycles.